The zero-order chi connectivity index (χ0) is 23.3. The molecule has 4 nitrogen and oxygen atoms in total. The monoisotopic (exact) mass is 460 g/mol. The second-order valence-electron chi connectivity index (χ2n) is 9.42. The third-order valence-electron chi connectivity index (χ3n) is 7.38. The number of unbranched alkanes of at least 4 members (excludes halogenated alkanes) is 13. The van der Waals surface area contributed by atoms with Gasteiger partial charge in [-0.15, -0.1) is 0 Å². The Balaban J connectivity index is 3.82. The Bertz CT molecular complexity index is 365. The zero-order valence-corrected chi connectivity index (χ0v) is 23.3. The second-order valence-corrected chi connectivity index (χ2v) is 12.5. The summed E-state index contributed by atoms with van der Waals surface area (Å²) >= 11 is 0. The fraction of sp³-hybridized carbons (Fsp3) is 1.00. The van der Waals surface area contributed by atoms with E-state index in [4.69, 9.17) is 13.3 Å². The Morgan fingerprint density at radius 1 is 0.484 bits per heavy atom. The molecule has 0 aliphatic rings. The van der Waals surface area contributed by atoms with Crippen molar-refractivity contribution in [2.75, 3.05) is 47.5 Å². The summed E-state index contributed by atoms with van der Waals surface area (Å²) in [5.41, 5.74) is 0. The maximum absolute atomic E-state index is 5.59. The van der Waals surface area contributed by atoms with Crippen molar-refractivity contribution >= 4 is 8.80 Å². The van der Waals surface area contributed by atoms with Gasteiger partial charge in [-0.2, -0.15) is 0 Å². The number of hydrogen-bond donors (Lipinski definition) is 0. The SMILES string of the molecule is CCCCCCCCCCCCCCCC[N+](CC)(CC)CCC[Si](OC)(OC)OC. The summed E-state index contributed by atoms with van der Waals surface area (Å²) in [5, 5.41) is 0. The molecule has 0 aromatic carbocycles. The number of nitrogens with zero attached hydrogens (tertiary/aromatic N) is 1. The van der Waals surface area contributed by atoms with Crippen LogP contribution in [0.1, 0.15) is 117 Å². The Morgan fingerprint density at radius 3 is 1.19 bits per heavy atom. The van der Waals surface area contributed by atoms with Gasteiger partial charge >= 0.3 is 8.80 Å². The average Bonchev–Trinajstić information content (AvgIpc) is 2.81. The molecule has 0 fully saturated rings. The van der Waals surface area contributed by atoms with Crippen LogP contribution in [0.15, 0.2) is 0 Å². The first-order chi connectivity index (χ1) is 15.1. The summed E-state index contributed by atoms with van der Waals surface area (Å²) in [7, 11) is 2.73. The Hall–Kier alpha value is 0.0569. The molecule has 0 saturated carbocycles. The highest BCUT2D eigenvalue weighted by Crippen LogP contribution is 2.19. The maximum Gasteiger partial charge on any atom is 0.500 e. The van der Waals surface area contributed by atoms with E-state index in [0.29, 0.717) is 0 Å². The van der Waals surface area contributed by atoms with Crippen LogP contribution in [0.3, 0.4) is 0 Å². The molecule has 5 heteroatoms. The molecule has 0 atom stereocenters. The normalized spacial score (nSPS) is 12.6. The smallest absolute Gasteiger partial charge is 0.377 e. The van der Waals surface area contributed by atoms with Gasteiger partial charge in [0, 0.05) is 33.8 Å². The van der Waals surface area contributed by atoms with Gasteiger partial charge in [0.15, 0.2) is 0 Å². The fourth-order valence-electron chi connectivity index (χ4n) is 4.80. The largest absolute Gasteiger partial charge is 0.500 e. The molecule has 0 amide bonds. The van der Waals surface area contributed by atoms with Crippen molar-refractivity contribution in [3.05, 3.63) is 0 Å². The zero-order valence-electron chi connectivity index (χ0n) is 22.3. The highest BCUT2D eigenvalue weighted by molar-refractivity contribution is 6.60. The van der Waals surface area contributed by atoms with Crippen LogP contribution in [0.2, 0.25) is 6.04 Å². The molecule has 0 spiro atoms. The third kappa shape index (κ3) is 14.7. The average molecular weight is 461 g/mol. The van der Waals surface area contributed by atoms with Gasteiger partial charge in [0.1, 0.15) is 0 Å². The molecule has 0 aromatic heterocycles. The summed E-state index contributed by atoms with van der Waals surface area (Å²) in [5.74, 6) is 0. The Kier molecular flexibility index (Phi) is 20.7. The molecule has 0 saturated heterocycles. The van der Waals surface area contributed by atoms with Crippen LogP contribution in [-0.2, 0) is 13.3 Å². The van der Waals surface area contributed by atoms with E-state index < -0.39 is 8.80 Å². The molecule has 0 radical (unpaired) electrons. The molecule has 0 rings (SSSR count). The van der Waals surface area contributed by atoms with Gasteiger partial charge in [-0.1, -0.05) is 84.0 Å². The number of rotatable bonds is 24. The van der Waals surface area contributed by atoms with Gasteiger partial charge in [0.05, 0.1) is 26.2 Å². The van der Waals surface area contributed by atoms with E-state index in [0.717, 1.165) is 12.5 Å². The Labute approximate surface area is 197 Å². The molecule has 0 unspecified atom stereocenters. The highest BCUT2D eigenvalue weighted by Gasteiger charge is 2.38. The van der Waals surface area contributed by atoms with E-state index in [2.05, 4.69) is 20.8 Å². The van der Waals surface area contributed by atoms with Gasteiger partial charge in [-0.3, -0.25) is 0 Å². The van der Waals surface area contributed by atoms with Crippen LogP contribution in [0.4, 0.5) is 0 Å². The van der Waals surface area contributed by atoms with Gasteiger partial charge in [0.25, 0.3) is 0 Å². The third-order valence-corrected chi connectivity index (χ3v) is 10.2. The van der Waals surface area contributed by atoms with E-state index >= 15 is 0 Å². The van der Waals surface area contributed by atoms with Crippen LogP contribution >= 0.6 is 0 Å². The first-order valence-electron chi connectivity index (χ1n) is 13.6. The highest BCUT2D eigenvalue weighted by atomic mass is 28.4. The molecule has 0 bridgehead atoms. The lowest BCUT2D eigenvalue weighted by Crippen LogP contribution is -2.50. The minimum absolute atomic E-state index is 0.912. The summed E-state index contributed by atoms with van der Waals surface area (Å²) < 4.78 is 18.0. The van der Waals surface area contributed by atoms with Gasteiger partial charge < -0.3 is 17.8 Å². The summed E-state index contributed by atoms with van der Waals surface area (Å²) in [4.78, 5) is 0. The van der Waals surface area contributed by atoms with Crippen LogP contribution in [0.25, 0.3) is 0 Å². The van der Waals surface area contributed by atoms with Crippen molar-refractivity contribution in [2.45, 2.75) is 123 Å². The van der Waals surface area contributed by atoms with Crippen molar-refractivity contribution in [2.24, 2.45) is 0 Å². The van der Waals surface area contributed by atoms with E-state index in [1.54, 1.807) is 21.3 Å². The maximum atomic E-state index is 5.59. The topological polar surface area (TPSA) is 27.7 Å². The standard InChI is InChI=1S/C26H58NO3Si/c1-7-10-11-12-13-14-15-16-17-18-19-20-21-22-24-27(8-2,9-3)25-23-26-31(28-4,29-5)30-6/h7-26H2,1-6H3/q+1. The minimum atomic E-state index is -2.43. The quantitative estimate of drug-likeness (QED) is 0.0843. The van der Waals surface area contributed by atoms with E-state index in [9.17, 15) is 0 Å². The van der Waals surface area contributed by atoms with Crippen LogP contribution < -0.4 is 0 Å². The van der Waals surface area contributed by atoms with Crippen molar-refractivity contribution in [1.82, 2.24) is 0 Å². The molecule has 0 aliphatic heterocycles. The predicted molar refractivity (Wildman–Crippen MR) is 138 cm³/mol. The van der Waals surface area contributed by atoms with Gasteiger partial charge in [-0.05, 0) is 26.7 Å². The molecule has 188 valence electrons. The molecule has 0 aliphatic carbocycles. The van der Waals surface area contributed by atoms with Gasteiger partial charge in [0.2, 0.25) is 0 Å². The second kappa shape index (κ2) is 20.6. The van der Waals surface area contributed by atoms with Gasteiger partial charge in [-0.25, -0.2) is 0 Å². The fourth-order valence-corrected chi connectivity index (χ4v) is 6.50. The Morgan fingerprint density at radius 2 is 0.839 bits per heavy atom. The van der Waals surface area contributed by atoms with Crippen LogP contribution in [0.5, 0.6) is 0 Å². The van der Waals surface area contributed by atoms with Crippen molar-refractivity contribution in [3.8, 4) is 0 Å². The van der Waals surface area contributed by atoms with Crippen LogP contribution in [0, 0.1) is 0 Å². The molecule has 0 aromatic rings. The molecule has 0 heterocycles. The lowest BCUT2D eigenvalue weighted by atomic mass is 10.0. The summed E-state index contributed by atoms with van der Waals surface area (Å²) in [6, 6.07) is 0.912. The summed E-state index contributed by atoms with van der Waals surface area (Å²) in [6.07, 6.45) is 21.1. The van der Waals surface area contributed by atoms with E-state index in [1.165, 1.54) is 121 Å². The molecule has 31 heavy (non-hydrogen) atoms. The molecular formula is C26H58NO3Si+. The number of hydrogen-bond acceptors (Lipinski definition) is 3. The van der Waals surface area contributed by atoms with Crippen molar-refractivity contribution in [1.29, 1.82) is 0 Å². The lowest BCUT2D eigenvalue weighted by Gasteiger charge is -2.38. The van der Waals surface area contributed by atoms with E-state index in [-0.39, 0.29) is 0 Å². The van der Waals surface area contributed by atoms with Crippen LogP contribution in [-0.4, -0.2) is 60.8 Å². The molecular weight excluding hydrogens is 402 g/mol. The van der Waals surface area contributed by atoms with E-state index in [1.807, 2.05) is 0 Å². The predicted octanol–water partition coefficient (Wildman–Crippen LogP) is 7.59. The minimum Gasteiger partial charge on any atom is -0.377 e. The first kappa shape index (κ1) is 31.1. The summed E-state index contributed by atoms with van der Waals surface area (Å²) in [6.45, 7) is 11.9. The number of quaternary nitrogens is 1. The lowest BCUT2D eigenvalue weighted by molar-refractivity contribution is -0.925. The van der Waals surface area contributed by atoms with Crippen molar-refractivity contribution in [3.63, 3.8) is 0 Å². The first-order valence-corrected chi connectivity index (χ1v) is 15.5. The molecule has 0 N–H and O–H groups in total. The van der Waals surface area contributed by atoms with Crippen molar-refractivity contribution < 1.29 is 17.8 Å².